The van der Waals surface area contributed by atoms with E-state index in [1.807, 2.05) is 0 Å². The zero-order valence-electron chi connectivity index (χ0n) is 11.2. The van der Waals surface area contributed by atoms with Gasteiger partial charge in [0.05, 0.1) is 0 Å². The molecule has 0 aliphatic heterocycles. The molecule has 0 aliphatic rings. The van der Waals surface area contributed by atoms with Crippen molar-refractivity contribution < 1.29 is 4.57 Å². The minimum atomic E-state index is 0.236. The van der Waals surface area contributed by atoms with Crippen LogP contribution in [0.3, 0.4) is 0 Å². The summed E-state index contributed by atoms with van der Waals surface area (Å²) < 4.78 is 2.35. The molecule has 0 N–H and O–H groups in total. The molecular formula is C14H24N+. The third kappa shape index (κ3) is 2.22. The third-order valence-electron chi connectivity index (χ3n) is 3.37. The zero-order chi connectivity index (χ0) is 11.8. The molecule has 1 heteroatoms. The number of aryl methyl sites for hydroxylation is 1. The topological polar surface area (TPSA) is 3.88 Å². The highest BCUT2D eigenvalue weighted by Gasteiger charge is 2.23. The fraction of sp³-hybridized carbons (Fsp3) is 0.643. The van der Waals surface area contributed by atoms with E-state index in [0.29, 0.717) is 0 Å². The largest absolute Gasteiger partial charge is 0.202 e. The summed E-state index contributed by atoms with van der Waals surface area (Å²) >= 11 is 0. The molecule has 1 nitrogen and oxygen atoms in total. The summed E-state index contributed by atoms with van der Waals surface area (Å²) in [5.74, 6) is 0. The number of rotatable bonds is 1. The lowest BCUT2D eigenvalue weighted by Gasteiger charge is -2.22. The van der Waals surface area contributed by atoms with Gasteiger partial charge in [-0.3, -0.25) is 0 Å². The molecule has 0 aliphatic carbocycles. The van der Waals surface area contributed by atoms with Crippen molar-refractivity contribution in [2.24, 2.45) is 0 Å². The Labute approximate surface area is 94.1 Å². The van der Waals surface area contributed by atoms with Crippen LogP contribution < -0.4 is 4.57 Å². The maximum absolute atomic E-state index is 2.35. The van der Waals surface area contributed by atoms with Gasteiger partial charge in [-0.15, -0.1) is 0 Å². The van der Waals surface area contributed by atoms with Gasteiger partial charge in [0.1, 0.15) is 6.54 Å². The highest BCUT2D eigenvalue weighted by atomic mass is 14.9. The van der Waals surface area contributed by atoms with Crippen molar-refractivity contribution >= 4 is 0 Å². The summed E-state index contributed by atoms with van der Waals surface area (Å²) in [4.78, 5) is 0. The van der Waals surface area contributed by atoms with Gasteiger partial charge in [-0.05, 0) is 31.7 Å². The second-order valence-corrected chi connectivity index (χ2v) is 5.41. The Hall–Kier alpha value is -0.850. The van der Waals surface area contributed by atoms with Crippen molar-refractivity contribution in [1.82, 2.24) is 0 Å². The normalized spacial score (nSPS) is 11.9. The van der Waals surface area contributed by atoms with Crippen LogP contribution in [0, 0.1) is 20.8 Å². The number of hydrogen-bond acceptors (Lipinski definition) is 0. The maximum atomic E-state index is 2.35. The van der Waals surface area contributed by atoms with Crippen molar-refractivity contribution in [3.05, 3.63) is 28.6 Å². The van der Waals surface area contributed by atoms with Crippen LogP contribution in [0.4, 0.5) is 0 Å². The molecule has 84 valence electrons. The molecule has 15 heavy (non-hydrogen) atoms. The molecular weight excluding hydrogens is 182 g/mol. The first-order valence-electron chi connectivity index (χ1n) is 5.79. The van der Waals surface area contributed by atoms with Crippen LogP contribution >= 0.6 is 0 Å². The third-order valence-corrected chi connectivity index (χ3v) is 3.37. The van der Waals surface area contributed by atoms with E-state index < -0.39 is 0 Å². The quantitative estimate of drug-likeness (QED) is 0.621. The second kappa shape index (κ2) is 3.96. The summed E-state index contributed by atoms with van der Waals surface area (Å²) in [6.07, 6.45) is 2.32. The first-order chi connectivity index (χ1) is 6.79. The van der Waals surface area contributed by atoms with E-state index in [1.54, 1.807) is 0 Å². The van der Waals surface area contributed by atoms with Crippen LogP contribution in [0.1, 0.15) is 50.1 Å². The molecule has 0 saturated carbocycles. The van der Waals surface area contributed by atoms with Crippen molar-refractivity contribution in [3.63, 3.8) is 0 Å². The van der Waals surface area contributed by atoms with E-state index >= 15 is 0 Å². The molecule has 0 radical (unpaired) electrons. The van der Waals surface area contributed by atoms with Crippen molar-refractivity contribution in [3.8, 4) is 0 Å². The van der Waals surface area contributed by atoms with E-state index in [-0.39, 0.29) is 5.41 Å². The van der Waals surface area contributed by atoms with Crippen LogP contribution in [0.15, 0.2) is 6.20 Å². The minimum absolute atomic E-state index is 0.236. The summed E-state index contributed by atoms with van der Waals surface area (Å²) in [6, 6.07) is 0. The molecule has 1 aromatic heterocycles. The number of hydrogen-bond donors (Lipinski definition) is 0. The van der Waals surface area contributed by atoms with Gasteiger partial charge < -0.3 is 0 Å². The van der Waals surface area contributed by atoms with Gasteiger partial charge in [-0.25, -0.2) is 4.57 Å². The molecule has 0 fully saturated rings. The average molecular weight is 206 g/mol. The lowest BCUT2D eigenvalue weighted by molar-refractivity contribution is -0.700. The molecule has 0 amide bonds. The van der Waals surface area contributed by atoms with E-state index in [2.05, 4.69) is 59.2 Å². The molecule has 1 rings (SSSR count). The van der Waals surface area contributed by atoms with Crippen molar-refractivity contribution in [2.75, 3.05) is 0 Å². The predicted octanol–water partition coefficient (Wildman–Crippen LogP) is 3.22. The van der Waals surface area contributed by atoms with Gasteiger partial charge in [0.2, 0.25) is 0 Å². The van der Waals surface area contributed by atoms with Crippen molar-refractivity contribution in [2.45, 2.75) is 60.4 Å². The highest BCUT2D eigenvalue weighted by molar-refractivity contribution is 5.35. The Bertz CT molecular complexity index is 370. The van der Waals surface area contributed by atoms with Crippen molar-refractivity contribution in [1.29, 1.82) is 0 Å². The predicted molar refractivity (Wildman–Crippen MR) is 65.2 cm³/mol. The Morgan fingerprint density at radius 2 is 1.60 bits per heavy atom. The van der Waals surface area contributed by atoms with Crippen LogP contribution in [0.2, 0.25) is 0 Å². The van der Waals surface area contributed by atoms with Crippen LogP contribution in [-0.2, 0) is 12.0 Å². The highest BCUT2D eigenvalue weighted by Crippen LogP contribution is 2.26. The van der Waals surface area contributed by atoms with Gasteiger partial charge in [-0.1, -0.05) is 20.8 Å². The molecule has 1 aromatic rings. The zero-order valence-corrected chi connectivity index (χ0v) is 11.2. The second-order valence-electron chi connectivity index (χ2n) is 5.41. The van der Waals surface area contributed by atoms with Crippen LogP contribution in [-0.4, -0.2) is 0 Å². The van der Waals surface area contributed by atoms with E-state index in [1.165, 1.54) is 22.4 Å². The lowest BCUT2D eigenvalue weighted by Crippen LogP contribution is -2.39. The summed E-state index contributed by atoms with van der Waals surface area (Å²) in [7, 11) is 0. The number of pyridine rings is 1. The van der Waals surface area contributed by atoms with Crippen LogP contribution in [0.5, 0.6) is 0 Å². The first-order valence-corrected chi connectivity index (χ1v) is 5.79. The molecule has 0 spiro atoms. The van der Waals surface area contributed by atoms with Gasteiger partial charge >= 0.3 is 0 Å². The molecule has 0 bridgehead atoms. The smallest absolute Gasteiger partial charge is 0.181 e. The molecule has 0 aromatic carbocycles. The lowest BCUT2D eigenvalue weighted by atomic mass is 9.83. The maximum Gasteiger partial charge on any atom is 0.181 e. The minimum Gasteiger partial charge on any atom is -0.202 e. The van der Waals surface area contributed by atoms with Crippen LogP contribution in [0.25, 0.3) is 0 Å². The summed E-state index contributed by atoms with van der Waals surface area (Å²) in [6.45, 7) is 16.8. The average Bonchev–Trinajstić information content (AvgIpc) is 2.13. The number of nitrogens with zero attached hydrogens (tertiary/aromatic N) is 1. The molecule has 0 saturated heterocycles. The van der Waals surface area contributed by atoms with E-state index in [4.69, 9.17) is 0 Å². The fourth-order valence-electron chi connectivity index (χ4n) is 2.12. The van der Waals surface area contributed by atoms with Gasteiger partial charge in [0.25, 0.3) is 0 Å². The van der Waals surface area contributed by atoms with Gasteiger partial charge in [-0.2, -0.15) is 0 Å². The Morgan fingerprint density at radius 3 is 2.00 bits per heavy atom. The monoisotopic (exact) mass is 206 g/mol. The standard InChI is InChI=1S/C14H24N/c1-8-15-9-13(14(5,6)7)11(3)10(2)12(15)4/h9H,8H2,1-7H3/q+1. The Balaban J connectivity index is 3.49. The Morgan fingerprint density at radius 1 is 1.07 bits per heavy atom. The molecule has 0 unspecified atom stereocenters. The molecule has 1 heterocycles. The SMILES string of the molecule is CC[n+]1cc(C(C)(C)C)c(C)c(C)c1C. The fourth-order valence-corrected chi connectivity index (χ4v) is 2.12. The van der Waals surface area contributed by atoms with E-state index in [9.17, 15) is 0 Å². The summed E-state index contributed by atoms with van der Waals surface area (Å²) in [5, 5.41) is 0. The number of aromatic nitrogens is 1. The Kier molecular flexibility index (Phi) is 3.22. The first kappa shape index (κ1) is 12.2. The van der Waals surface area contributed by atoms with Gasteiger partial charge in [0.15, 0.2) is 11.9 Å². The van der Waals surface area contributed by atoms with Gasteiger partial charge in [0, 0.05) is 18.1 Å². The summed E-state index contributed by atoms with van der Waals surface area (Å²) in [5.41, 5.74) is 5.98. The molecule has 0 atom stereocenters. The van der Waals surface area contributed by atoms with E-state index in [0.717, 1.165) is 6.54 Å².